The number of aromatic amines is 1. The quantitative estimate of drug-likeness (QED) is 0.659. The van der Waals surface area contributed by atoms with E-state index in [0.717, 1.165) is 24.2 Å². The first-order valence-electron chi connectivity index (χ1n) is 8.48. The van der Waals surface area contributed by atoms with Gasteiger partial charge in [0.1, 0.15) is 5.54 Å². The molecular weight excluding hydrogens is 320 g/mol. The van der Waals surface area contributed by atoms with Crippen LogP contribution in [0.5, 0.6) is 0 Å². The van der Waals surface area contributed by atoms with Gasteiger partial charge in [-0.3, -0.25) is 10.1 Å². The number of hydrogen-bond acceptors (Lipinski definition) is 5. The molecule has 1 aliphatic heterocycles. The Labute approximate surface area is 144 Å². The molecule has 4 rings (SSSR count). The second-order valence-electron chi connectivity index (χ2n) is 6.49. The number of rotatable bonds is 5. The highest BCUT2D eigenvalue weighted by atomic mass is 16.5. The fourth-order valence-corrected chi connectivity index (χ4v) is 3.81. The molecule has 0 bridgehead atoms. The molecule has 7 nitrogen and oxygen atoms in total. The number of fused-ring (bicyclic) bond motifs is 3. The van der Waals surface area contributed by atoms with Crippen LogP contribution >= 0.6 is 0 Å². The minimum Gasteiger partial charge on any atom is -0.481 e. The molecule has 1 aromatic carbocycles. The molecule has 3 aromatic rings. The van der Waals surface area contributed by atoms with Gasteiger partial charge in [-0.15, -0.1) is 0 Å². The molecule has 0 amide bonds. The van der Waals surface area contributed by atoms with Crippen molar-refractivity contribution in [1.29, 1.82) is 0 Å². The summed E-state index contributed by atoms with van der Waals surface area (Å²) in [4.78, 5) is 19.0. The van der Waals surface area contributed by atoms with Crippen LogP contribution in [0.1, 0.15) is 42.2 Å². The number of benzene rings is 1. The molecule has 0 aliphatic carbocycles. The summed E-state index contributed by atoms with van der Waals surface area (Å²) < 4.78 is 5.23. The first-order valence-corrected chi connectivity index (χ1v) is 8.48. The summed E-state index contributed by atoms with van der Waals surface area (Å²) in [5.41, 5.74) is 2.68. The van der Waals surface area contributed by atoms with Gasteiger partial charge < -0.3 is 14.6 Å². The van der Waals surface area contributed by atoms with Gasteiger partial charge in [0.15, 0.2) is 5.82 Å². The van der Waals surface area contributed by atoms with Gasteiger partial charge in [0.2, 0.25) is 5.89 Å². The monoisotopic (exact) mass is 340 g/mol. The van der Waals surface area contributed by atoms with Crippen LogP contribution in [-0.4, -0.2) is 32.7 Å². The van der Waals surface area contributed by atoms with Crippen molar-refractivity contribution in [2.45, 2.75) is 38.1 Å². The zero-order valence-electron chi connectivity index (χ0n) is 14.0. The van der Waals surface area contributed by atoms with E-state index in [2.05, 4.69) is 32.6 Å². The van der Waals surface area contributed by atoms with E-state index in [4.69, 9.17) is 9.63 Å². The largest absolute Gasteiger partial charge is 0.481 e. The van der Waals surface area contributed by atoms with Gasteiger partial charge in [0, 0.05) is 36.5 Å². The number of aliphatic carboxylic acids is 1. The van der Waals surface area contributed by atoms with Gasteiger partial charge >= 0.3 is 5.97 Å². The molecule has 0 radical (unpaired) electrons. The van der Waals surface area contributed by atoms with Crippen molar-refractivity contribution < 1.29 is 14.4 Å². The lowest BCUT2D eigenvalue weighted by molar-refractivity contribution is -0.137. The molecule has 3 N–H and O–H groups in total. The summed E-state index contributed by atoms with van der Waals surface area (Å²) in [7, 11) is 0. The zero-order valence-corrected chi connectivity index (χ0v) is 14.0. The molecule has 1 unspecified atom stereocenters. The molecular formula is C18H20N4O3. The second kappa shape index (κ2) is 6.00. The number of aromatic nitrogens is 3. The number of carbonyl (C=O) groups is 1. The van der Waals surface area contributed by atoms with E-state index in [0.29, 0.717) is 24.6 Å². The van der Waals surface area contributed by atoms with Crippen LogP contribution in [0.15, 0.2) is 28.8 Å². The van der Waals surface area contributed by atoms with E-state index in [1.807, 2.05) is 12.1 Å². The number of hydrogen-bond donors (Lipinski definition) is 3. The molecule has 25 heavy (non-hydrogen) atoms. The van der Waals surface area contributed by atoms with Gasteiger partial charge in [-0.1, -0.05) is 23.4 Å². The van der Waals surface area contributed by atoms with Crippen molar-refractivity contribution in [2.75, 3.05) is 6.54 Å². The number of carboxylic acid groups (broad SMARTS) is 1. The van der Waals surface area contributed by atoms with Gasteiger partial charge in [0.05, 0.1) is 0 Å². The molecule has 2 aromatic heterocycles. The summed E-state index contributed by atoms with van der Waals surface area (Å²) in [5, 5.41) is 17.9. The molecule has 7 heteroatoms. The predicted octanol–water partition coefficient (Wildman–Crippen LogP) is 2.50. The highest BCUT2D eigenvalue weighted by Gasteiger charge is 2.43. The smallest absolute Gasteiger partial charge is 0.303 e. The second-order valence-corrected chi connectivity index (χ2v) is 6.49. The van der Waals surface area contributed by atoms with Crippen LogP contribution in [0.4, 0.5) is 0 Å². The van der Waals surface area contributed by atoms with Crippen LogP contribution in [0, 0.1) is 6.92 Å². The minimum atomic E-state index is -0.799. The predicted molar refractivity (Wildman–Crippen MR) is 91.3 cm³/mol. The number of nitrogens with zero attached hydrogens (tertiary/aromatic N) is 2. The lowest BCUT2D eigenvalue weighted by atomic mass is 9.82. The van der Waals surface area contributed by atoms with Crippen LogP contribution in [-0.2, 0) is 16.8 Å². The molecule has 0 fully saturated rings. The van der Waals surface area contributed by atoms with Gasteiger partial charge in [-0.05, 0) is 30.9 Å². The highest BCUT2D eigenvalue weighted by molar-refractivity contribution is 5.85. The molecule has 1 aliphatic rings. The van der Waals surface area contributed by atoms with E-state index in [9.17, 15) is 4.79 Å². The van der Waals surface area contributed by atoms with Crippen molar-refractivity contribution >= 4 is 16.9 Å². The molecule has 1 atom stereocenters. The van der Waals surface area contributed by atoms with Crippen molar-refractivity contribution in [1.82, 2.24) is 20.4 Å². The maximum atomic E-state index is 11.0. The number of H-pyrrole nitrogens is 1. The van der Waals surface area contributed by atoms with Crippen molar-refractivity contribution in [3.8, 4) is 0 Å². The average molecular weight is 340 g/mol. The van der Waals surface area contributed by atoms with Gasteiger partial charge in [-0.2, -0.15) is 4.98 Å². The number of carboxylic acids is 1. The lowest BCUT2D eigenvalue weighted by Crippen LogP contribution is -2.49. The molecule has 3 heterocycles. The minimum absolute atomic E-state index is 0.107. The van der Waals surface area contributed by atoms with Gasteiger partial charge in [0.25, 0.3) is 0 Å². The summed E-state index contributed by atoms with van der Waals surface area (Å²) in [6, 6.07) is 8.20. The SMILES string of the molecule is Cc1nc(C2(CCCC(=O)O)NCCc3c2[nH]c2ccccc32)no1. The molecule has 130 valence electrons. The van der Waals surface area contributed by atoms with Crippen molar-refractivity contribution in [2.24, 2.45) is 0 Å². The Morgan fingerprint density at radius 2 is 2.24 bits per heavy atom. The number of para-hydroxylation sites is 1. The summed E-state index contributed by atoms with van der Waals surface area (Å²) in [6.45, 7) is 2.53. The normalized spacial score (nSPS) is 19.9. The molecule has 0 saturated heterocycles. The Morgan fingerprint density at radius 1 is 1.40 bits per heavy atom. The maximum Gasteiger partial charge on any atom is 0.303 e. The Balaban J connectivity index is 1.86. The van der Waals surface area contributed by atoms with Crippen molar-refractivity contribution in [3.63, 3.8) is 0 Å². The highest BCUT2D eigenvalue weighted by Crippen LogP contribution is 2.40. The third-order valence-corrected chi connectivity index (χ3v) is 4.89. The summed E-state index contributed by atoms with van der Waals surface area (Å²) in [5.74, 6) is 0.257. The average Bonchev–Trinajstić information content (AvgIpc) is 3.19. The van der Waals surface area contributed by atoms with E-state index in [1.165, 1.54) is 10.9 Å². The van der Waals surface area contributed by atoms with Gasteiger partial charge in [-0.25, -0.2) is 0 Å². The van der Waals surface area contributed by atoms with E-state index in [1.54, 1.807) is 6.92 Å². The first kappa shape index (κ1) is 15.8. The third-order valence-electron chi connectivity index (χ3n) is 4.89. The van der Waals surface area contributed by atoms with Crippen molar-refractivity contribution in [3.05, 3.63) is 47.2 Å². The fraction of sp³-hybridized carbons (Fsp3) is 0.389. The summed E-state index contributed by atoms with van der Waals surface area (Å²) >= 11 is 0. The number of nitrogens with one attached hydrogen (secondary N) is 2. The third kappa shape index (κ3) is 2.60. The maximum absolute atomic E-state index is 11.0. The Bertz CT molecular complexity index is 929. The molecule has 0 spiro atoms. The zero-order chi connectivity index (χ0) is 17.4. The Kier molecular flexibility index (Phi) is 3.80. The number of aryl methyl sites for hydroxylation is 1. The van der Waals surface area contributed by atoms with Crippen LogP contribution < -0.4 is 5.32 Å². The Morgan fingerprint density at radius 3 is 3.00 bits per heavy atom. The first-order chi connectivity index (χ1) is 12.1. The van der Waals surface area contributed by atoms with E-state index < -0.39 is 11.5 Å². The van der Waals surface area contributed by atoms with Crippen LogP contribution in [0.3, 0.4) is 0 Å². The fourth-order valence-electron chi connectivity index (χ4n) is 3.81. The standard InChI is InChI=1S/C18H20N4O3/c1-11-20-17(22-25-11)18(9-4-7-15(23)24)16-13(8-10-19-18)12-5-2-3-6-14(12)21-16/h2-3,5-6,19,21H,4,7-10H2,1H3,(H,23,24). The molecule has 0 saturated carbocycles. The topological polar surface area (TPSA) is 104 Å². The van der Waals surface area contributed by atoms with E-state index in [-0.39, 0.29) is 6.42 Å². The lowest BCUT2D eigenvalue weighted by Gasteiger charge is -2.36. The van der Waals surface area contributed by atoms with E-state index >= 15 is 0 Å². The summed E-state index contributed by atoms with van der Waals surface area (Å²) in [6.07, 6.45) is 2.11. The van der Waals surface area contributed by atoms with Crippen LogP contribution in [0.25, 0.3) is 10.9 Å². The van der Waals surface area contributed by atoms with Crippen LogP contribution in [0.2, 0.25) is 0 Å². The Hall–Kier alpha value is -2.67.